The van der Waals surface area contributed by atoms with Crippen LogP contribution in [0.1, 0.15) is 17.0 Å². The summed E-state index contributed by atoms with van der Waals surface area (Å²) in [4.78, 5) is 18.9. The van der Waals surface area contributed by atoms with Crippen LogP contribution in [-0.2, 0) is 6.54 Å². The second-order valence-corrected chi connectivity index (χ2v) is 4.51. The molecule has 2 aromatic rings. The van der Waals surface area contributed by atoms with Gasteiger partial charge in [-0.1, -0.05) is 12.1 Å². The van der Waals surface area contributed by atoms with Crippen molar-refractivity contribution in [2.24, 2.45) is 0 Å². The van der Waals surface area contributed by atoms with Gasteiger partial charge in [-0.3, -0.25) is 10.1 Å². The van der Waals surface area contributed by atoms with Crippen molar-refractivity contribution in [3.8, 4) is 5.88 Å². The fraction of sp³-hybridized carbons (Fsp3) is 0.286. The highest BCUT2D eigenvalue weighted by Crippen LogP contribution is 2.22. The Morgan fingerprint density at radius 3 is 2.76 bits per heavy atom. The first kappa shape index (κ1) is 14.7. The van der Waals surface area contributed by atoms with Gasteiger partial charge >= 0.3 is 0 Å². The van der Waals surface area contributed by atoms with Crippen LogP contribution in [0.3, 0.4) is 0 Å². The van der Waals surface area contributed by atoms with E-state index in [0.717, 1.165) is 5.56 Å². The number of nitrogens with one attached hydrogen (secondary N) is 1. The normalized spacial score (nSPS) is 10.2. The van der Waals surface area contributed by atoms with E-state index < -0.39 is 0 Å². The van der Waals surface area contributed by atoms with Crippen molar-refractivity contribution in [1.82, 2.24) is 9.97 Å². The van der Waals surface area contributed by atoms with Crippen LogP contribution >= 0.6 is 0 Å². The number of nitro groups is 1. The number of nitro benzene ring substituents is 1. The first-order chi connectivity index (χ1) is 10.0. The van der Waals surface area contributed by atoms with E-state index in [1.165, 1.54) is 13.2 Å². The van der Waals surface area contributed by atoms with Crippen LogP contribution in [-0.4, -0.2) is 22.0 Å². The van der Waals surface area contributed by atoms with Crippen LogP contribution < -0.4 is 10.1 Å². The van der Waals surface area contributed by atoms with Crippen molar-refractivity contribution in [1.29, 1.82) is 0 Å². The van der Waals surface area contributed by atoms with Gasteiger partial charge in [-0.05, 0) is 19.4 Å². The SMILES string of the molecule is COc1cc(NCc2cccc([N+](=O)[O-])c2C)nc(C)n1. The van der Waals surface area contributed by atoms with E-state index in [-0.39, 0.29) is 10.6 Å². The maximum Gasteiger partial charge on any atom is 0.272 e. The second-order valence-electron chi connectivity index (χ2n) is 4.51. The highest BCUT2D eigenvalue weighted by Gasteiger charge is 2.13. The number of rotatable bonds is 5. The van der Waals surface area contributed by atoms with E-state index in [9.17, 15) is 10.1 Å². The smallest absolute Gasteiger partial charge is 0.272 e. The minimum atomic E-state index is -0.378. The number of methoxy groups -OCH3 is 1. The number of hydrogen-bond donors (Lipinski definition) is 1. The minimum Gasteiger partial charge on any atom is -0.481 e. The molecular formula is C14H16N4O3. The van der Waals surface area contributed by atoms with Crippen molar-refractivity contribution in [2.75, 3.05) is 12.4 Å². The summed E-state index contributed by atoms with van der Waals surface area (Å²) >= 11 is 0. The standard InChI is InChI=1S/C14H16N4O3/c1-9-11(5-4-6-12(9)18(19)20)8-15-13-7-14(21-3)17-10(2)16-13/h4-7H,8H2,1-3H3,(H,15,16,17). The lowest BCUT2D eigenvalue weighted by atomic mass is 10.1. The summed E-state index contributed by atoms with van der Waals surface area (Å²) in [5.74, 6) is 1.68. The van der Waals surface area contributed by atoms with Gasteiger partial charge in [-0.2, -0.15) is 4.98 Å². The minimum absolute atomic E-state index is 0.116. The van der Waals surface area contributed by atoms with Gasteiger partial charge in [-0.25, -0.2) is 4.98 Å². The van der Waals surface area contributed by atoms with Crippen molar-refractivity contribution in [2.45, 2.75) is 20.4 Å². The molecule has 0 saturated heterocycles. The molecule has 21 heavy (non-hydrogen) atoms. The molecule has 0 unspecified atom stereocenters. The van der Waals surface area contributed by atoms with Crippen LogP contribution in [0, 0.1) is 24.0 Å². The molecule has 0 aliphatic heterocycles. The highest BCUT2D eigenvalue weighted by molar-refractivity contribution is 5.47. The van der Waals surface area contributed by atoms with Crippen molar-refractivity contribution >= 4 is 11.5 Å². The molecule has 7 nitrogen and oxygen atoms in total. The number of benzene rings is 1. The fourth-order valence-corrected chi connectivity index (χ4v) is 1.98. The van der Waals surface area contributed by atoms with Gasteiger partial charge in [0.15, 0.2) is 0 Å². The first-order valence-corrected chi connectivity index (χ1v) is 6.37. The molecule has 2 rings (SSSR count). The van der Waals surface area contributed by atoms with Crippen LogP contribution in [0.4, 0.5) is 11.5 Å². The van der Waals surface area contributed by atoms with Crippen molar-refractivity contribution in [3.63, 3.8) is 0 Å². The third-order valence-corrected chi connectivity index (χ3v) is 3.10. The van der Waals surface area contributed by atoms with Crippen molar-refractivity contribution in [3.05, 3.63) is 51.3 Å². The zero-order valence-electron chi connectivity index (χ0n) is 12.1. The van der Waals surface area contributed by atoms with E-state index in [2.05, 4.69) is 15.3 Å². The quantitative estimate of drug-likeness (QED) is 0.672. The summed E-state index contributed by atoms with van der Waals surface area (Å²) in [6.45, 7) is 3.94. The lowest BCUT2D eigenvalue weighted by Gasteiger charge is -2.10. The number of ether oxygens (including phenoxy) is 1. The molecule has 0 aliphatic carbocycles. The molecule has 1 heterocycles. The Morgan fingerprint density at radius 2 is 2.10 bits per heavy atom. The monoisotopic (exact) mass is 288 g/mol. The Labute approximate surface area is 122 Å². The lowest BCUT2D eigenvalue weighted by Crippen LogP contribution is -2.06. The summed E-state index contributed by atoms with van der Waals surface area (Å²) in [6.07, 6.45) is 0. The average molecular weight is 288 g/mol. The third-order valence-electron chi connectivity index (χ3n) is 3.10. The van der Waals surface area contributed by atoms with E-state index in [1.807, 2.05) is 6.07 Å². The van der Waals surface area contributed by atoms with Crippen LogP contribution in [0.25, 0.3) is 0 Å². The zero-order valence-corrected chi connectivity index (χ0v) is 12.1. The topological polar surface area (TPSA) is 90.2 Å². The summed E-state index contributed by atoms with van der Waals surface area (Å²) in [6, 6.07) is 6.70. The number of hydrogen-bond acceptors (Lipinski definition) is 6. The molecule has 0 amide bonds. The Kier molecular flexibility index (Phi) is 4.32. The van der Waals surface area contributed by atoms with Gasteiger partial charge in [-0.15, -0.1) is 0 Å². The number of anilines is 1. The van der Waals surface area contributed by atoms with Gasteiger partial charge in [0, 0.05) is 24.2 Å². The van der Waals surface area contributed by atoms with E-state index in [0.29, 0.717) is 29.6 Å². The predicted molar refractivity (Wildman–Crippen MR) is 78.5 cm³/mol. The first-order valence-electron chi connectivity index (χ1n) is 6.37. The molecule has 0 radical (unpaired) electrons. The number of nitrogens with zero attached hydrogens (tertiary/aromatic N) is 3. The van der Waals surface area contributed by atoms with Crippen LogP contribution in [0.2, 0.25) is 0 Å². The summed E-state index contributed by atoms with van der Waals surface area (Å²) < 4.78 is 5.08. The molecule has 0 atom stereocenters. The van der Waals surface area contributed by atoms with Crippen LogP contribution in [0.15, 0.2) is 24.3 Å². The average Bonchev–Trinajstić information content (AvgIpc) is 2.45. The zero-order chi connectivity index (χ0) is 15.4. The molecule has 1 N–H and O–H groups in total. The number of aromatic nitrogens is 2. The van der Waals surface area contributed by atoms with Gasteiger partial charge < -0.3 is 10.1 Å². The maximum absolute atomic E-state index is 10.9. The van der Waals surface area contributed by atoms with Gasteiger partial charge in [0.05, 0.1) is 12.0 Å². The fourth-order valence-electron chi connectivity index (χ4n) is 1.98. The predicted octanol–water partition coefficient (Wildman–Crippen LogP) is 2.62. The van der Waals surface area contributed by atoms with Gasteiger partial charge in [0.1, 0.15) is 11.6 Å². The largest absolute Gasteiger partial charge is 0.481 e. The Hall–Kier alpha value is -2.70. The summed E-state index contributed by atoms with van der Waals surface area (Å²) in [5, 5.41) is 14.1. The summed E-state index contributed by atoms with van der Waals surface area (Å²) in [7, 11) is 1.54. The molecule has 0 saturated carbocycles. The molecule has 0 aliphatic rings. The number of aryl methyl sites for hydroxylation is 1. The molecule has 1 aromatic heterocycles. The Bertz CT molecular complexity index is 673. The molecule has 7 heteroatoms. The molecule has 0 fully saturated rings. The Morgan fingerprint density at radius 1 is 1.33 bits per heavy atom. The third kappa shape index (κ3) is 3.44. The Balaban J connectivity index is 2.19. The molecule has 110 valence electrons. The highest BCUT2D eigenvalue weighted by atomic mass is 16.6. The lowest BCUT2D eigenvalue weighted by molar-refractivity contribution is -0.385. The van der Waals surface area contributed by atoms with E-state index in [1.54, 1.807) is 26.0 Å². The van der Waals surface area contributed by atoms with Gasteiger partial charge in [0.2, 0.25) is 5.88 Å². The van der Waals surface area contributed by atoms with E-state index >= 15 is 0 Å². The molecule has 0 bridgehead atoms. The van der Waals surface area contributed by atoms with Crippen molar-refractivity contribution < 1.29 is 9.66 Å². The second kappa shape index (κ2) is 6.17. The maximum atomic E-state index is 10.9. The molecule has 1 aromatic carbocycles. The summed E-state index contributed by atoms with van der Waals surface area (Å²) in [5.41, 5.74) is 1.61. The van der Waals surface area contributed by atoms with Crippen LogP contribution in [0.5, 0.6) is 5.88 Å². The van der Waals surface area contributed by atoms with E-state index in [4.69, 9.17) is 4.74 Å². The molecule has 0 spiro atoms. The van der Waals surface area contributed by atoms with Gasteiger partial charge in [0.25, 0.3) is 5.69 Å². The molecular weight excluding hydrogens is 272 g/mol.